The van der Waals surface area contributed by atoms with Crippen LogP contribution < -0.4 is 21.7 Å². The van der Waals surface area contributed by atoms with E-state index in [0.717, 1.165) is 16.5 Å². The maximum atomic E-state index is 13.7. The van der Waals surface area contributed by atoms with Crippen molar-refractivity contribution < 1.29 is 34.2 Å². The Hall–Kier alpha value is -4.71. The summed E-state index contributed by atoms with van der Waals surface area (Å²) in [7, 11) is 0. The topological polar surface area (TPSA) is 204 Å². The Bertz CT molecular complexity index is 1410. The highest BCUT2D eigenvalue weighted by molar-refractivity contribution is 5.95. The maximum Gasteiger partial charge on any atom is 0.326 e. The van der Waals surface area contributed by atoms with E-state index < -0.39 is 60.2 Å². The summed E-state index contributed by atoms with van der Waals surface area (Å²) in [5.41, 5.74) is 8.27. The lowest BCUT2D eigenvalue weighted by molar-refractivity contribution is -0.147. The lowest BCUT2D eigenvalue weighted by atomic mass is 10.0. The Labute approximate surface area is 243 Å². The zero-order chi connectivity index (χ0) is 30.8. The van der Waals surface area contributed by atoms with Crippen LogP contribution >= 0.6 is 0 Å². The third-order valence-corrected chi connectivity index (χ3v) is 6.70. The Balaban J connectivity index is 1.90. The average Bonchev–Trinajstić information content (AvgIpc) is 3.34. The first-order valence-corrected chi connectivity index (χ1v) is 13.6. The van der Waals surface area contributed by atoms with Gasteiger partial charge in [-0.3, -0.25) is 19.2 Å². The number of aromatic nitrogens is 1. The quantitative estimate of drug-likeness (QED) is 0.140. The van der Waals surface area contributed by atoms with Gasteiger partial charge < -0.3 is 36.9 Å². The van der Waals surface area contributed by atoms with Crippen molar-refractivity contribution in [3.05, 3.63) is 71.9 Å². The number of benzene rings is 2. The number of para-hydroxylation sites is 1. The summed E-state index contributed by atoms with van der Waals surface area (Å²) in [6.07, 6.45) is 1.29. The van der Waals surface area contributed by atoms with Crippen molar-refractivity contribution in [3.8, 4) is 0 Å². The molecule has 1 heterocycles. The van der Waals surface area contributed by atoms with E-state index in [0.29, 0.717) is 12.0 Å². The van der Waals surface area contributed by atoms with Gasteiger partial charge in [0.25, 0.3) is 0 Å². The van der Waals surface area contributed by atoms with Crippen molar-refractivity contribution in [2.75, 3.05) is 0 Å². The molecule has 0 saturated heterocycles. The number of H-pyrrole nitrogens is 1. The molecule has 0 spiro atoms. The molecule has 0 saturated carbocycles. The Kier molecular flexibility index (Phi) is 11.2. The monoisotopic (exact) mass is 579 g/mol. The number of hydrogen-bond acceptors (Lipinski definition) is 6. The summed E-state index contributed by atoms with van der Waals surface area (Å²) < 4.78 is 0. The van der Waals surface area contributed by atoms with E-state index in [2.05, 4.69) is 20.9 Å². The van der Waals surface area contributed by atoms with Crippen molar-refractivity contribution in [3.63, 3.8) is 0 Å². The molecule has 2 aromatic carbocycles. The van der Waals surface area contributed by atoms with Gasteiger partial charge in [0.2, 0.25) is 17.7 Å². The van der Waals surface area contributed by atoms with E-state index in [4.69, 9.17) is 10.8 Å². The fourth-order valence-electron chi connectivity index (χ4n) is 4.60. The van der Waals surface area contributed by atoms with Gasteiger partial charge in [0.05, 0.1) is 12.5 Å². The van der Waals surface area contributed by atoms with Crippen LogP contribution in [0, 0.1) is 5.92 Å². The summed E-state index contributed by atoms with van der Waals surface area (Å²) >= 11 is 0. The predicted octanol–water partition coefficient (Wildman–Crippen LogP) is 1.34. The number of aromatic amines is 1. The molecule has 3 aromatic rings. The number of nitrogens with one attached hydrogen (secondary N) is 4. The van der Waals surface area contributed by atoms with Crippen molar-refractivity contribution in [1.29, 1.82) is 0 Å². The fraction of sp³-hybridized carbons (Fsp3) is 0.367. The molecule has 1 aromatic heterocycles. The number of carboxylic acids is 2. The number of amides is 3. The second-order valence-corrected chi connectivity index (χ2v) is 10.6. The lowest BCUT2D eigenvalue weighted by Crippen LogP contribution is -2.58. The minimum atomic E-state index is -1.72. The molecule has 3 amide bonds. The summed E-state index contributed by atoms with van der Waals surface area (Å²) in [5, 5.41) is 27.0. The third-order valence-electron chi connectivity index (χ3n) is 6.70. The van der Waals surface area contributed by atoms with Crippen LogP contribution in [-0.2, 0) is 36.8 Å². The smallest absolute Gasteiger partial charge is 0.326 e. The molecule has 0 aliphatic heterocycles. The number of rotatable bonds is 15. The van der Waals surface area contributed by atoms with Crippen molar-refractivity contribution in [1.82, 2.24) is 20.9 Å². The molecule has 0 fully saturated rings. The molecular formula is C30H37N5O7. The highest BCUT2D eigenvalue weighted by Gasteiger charge is 2.32. The number of carbonyl (C=O) groups is 5. The second-order valence-electron chi connectivity index (χ2n) is 10.6. The number of carboxylic acid groups (broad SMARTS) is 2. The van der Waals surface area contributed by atoms with Gasteiger partial charge in [-0.05, 0) is 29.5 Å². The van der Waals surface area contributed by atoms with Crippen LogP contribution in [0.3, 0.4) is 0 Å². The molecule has 0 radical (unpaired) electrons. The third kappa shape index (κ3) is 9.16. The first kappa shape index (κ1) is 31.8. The minimum absolute atomic E-state index is 0.0418. The van der Waals surface area contributed by atoms with E-state index in [-0.39, 0.29) is 18.8 Å². The number of carbonyl (C=O) groups excluding carboxylic acids is 3. The maximum absolute atomic E-state index is 13.7. The second kappa shape index (κ2) is 14.8. The predicted molar refractivity (Wildman–Crippen MR) is 155 cm³/mol. The number of fused-ring (bicyclic) bond motifs is 1. The van der Waals surface area contributed by atoms with Crippen LogP contribution in [0.25, 0.3) is 10.9 Å². The molecule has 4 atom stereocenters. The summed E-state index contributed by atoms with van der Waals surface area (Å²) in [5.74, 6) is -4.90. The van der Waals surface area contributed by atoms with Gasteiger partial charge in [-0.1, -0.05) is 62.4 Å². The molecule has 0 bridgehead atoms. The van der Waals surface area contributed by atoms with E-state index in [9.17, 15) is 29.1 Å². The fourth-order valence-corrected chi connectivity index (χ4v) is 4.60. The highest BCUT2D eigenvalue weighted by atomic mass is 16.4. The molecule has 12 nitrogen and oxygen atoms in total. The van der Waals surface area contributed by atoms with Gasteiger partial charge in [0.15, 0.2) is 0 Å². The summed E-state index contributed by atoms with van der Waals surface area (Å²) in [6.45, 7) is 3.84. The lowest BCUT2D eigenvalue weighted by Gasteiger charge is -2.25. The number of aliphatic carboxylic acids is 2. The largest absolute Gasteiger partial charge is 0.481 e. The Morgan fingerprint density at radius 1 is 0.786 bits per heavy atom. The van der Waals surface area contributed by atoms with Crippen LogP contribution in [0.15, 0.2) is 60.8 Å². The molecular weight excluding hydrogens is 542 g/mol. The Morgan fingerprint density at radius 3 is 1.98 bits per heavy atom. The van der Waals surface area contributed by atoms with Crippen molar-refractivity contribution >= 4 is 40.6 Å². The molecule has 0 aliphatic rings. The van der Waals surface area contributed by atoms with E-state index in [1.807, 2.05) is 44.2 Å². The molecule has 42 heavy (non-hydrogen) atoms. The minimum Gasteiger partial charge on any atom is -0.481 e. The van der Waals surface area contributed by atoms with Gasteiger partial charge in [0.1, 0.15) is 18.1 Å². The van der Waals surface area contributed by atoms with Crippen molar-refractivity contribution in [2.45, 2.75) is 63.7 Å². The van der Waals surface area contributed by atoms with Gasteiger partial charge in [-0.25, -0.2) is 4.79 Å². The molecule has 8 N–H and O–H groups in total. The van der Waals surface area contributed by atoms with E-state index >= 15 is 0 Å². The van der Waals surface area contributed by atoms with Crippen LogP contribution in [0.5, 0.6) is 0 Å². The zero-order valence-corrected chi connectivity index (χ0v) is 23.5. The van der Waals surface area contributed by atoms with Gasteiger partial charge >= 0.3 is 11.9 Å². The van der Waals surface area contributed by atoms with Crippen LogP contribution in [-0.4, -0.2) is 69.0 Å². The van der Waals surface area contributed by atoms with Crippen molar-refractivity contribution in [2.24, 2.45) is 11.7 Å². The molecule has 3 rings (SSSR count). The van der Waals surface area contributed by atoms with Crippen LogP contribution in [0.4, 0.5) is 0 Å². The van der Waals surface area contributed by atoms with Gasteiger partial charge in [0, 0.05) is 29.9 Å². The summed E-state index contributed by atoms with van der Waals surface area (Å²) in [4.78, 5) is 65.9. The van der Waals surface area contributed by atoms with Gasteiger partial charge in [-0.15, -0.1) is 0 Å². The van der Waals surface area contributed by atoms with Gasteiger partial charge in [-0.2, -0.15) is 0 Å². The normalized spacial score (nSPS) is 14.0. The number of nitrogens with two attached hydrogens (primary N) is 1. The molecule has 12 heteroatoms. The SMILES string of the molecule is CC(C)CC(N)C(=O)NC(Cc1ccccc1)C(=O)NC(Cc1c[nH]c2ccccc12)C(=O)NC(CC(=O)O)C(=O)O. The van der Waals surface area contributed by atoms with Crippen LogP contribution in [0.1, 0.15) is 37.8 Å². The summed E-state index contributed by atoms with van der Waals surface area (Å²) in [6, 6.07) is 11.3. The number of hydrogen-bond donors (Lipinski definition) is 7. The zero-order valence-electron chi connectivity index (χ0n) is 23.5. The molecule has 4 unspecified atom stereocenters. The Morgan fingerprint density at radius 2 is 1.36 bits per heavy atom. The van der Waals surface area contributed by atoms with E-state index in [1.165, 1.54) is 0 Å². The first-order chi connectivity index (χ1) is 19.9. The van der Waals surface area contributed by atoms with Crippen LogP contribution in [0.2, 0.25) is 0 Å². The molecule has 224 valence electrons. The van der Waals surface area contributed by atoms with E-state index in [1.54, 1.807) is 30.5 Å². The first-order valence-electron chi connectivity index (χ1n) is 13.6. The highest BCUT2D eigenvalue weighted by Crippen LogP contribution is 2.19. The average molecular weight is 580 g/mol. The molecule has 0 aliphatic carbocycles. The standard InChI is InChI=1S/C30H37N5O7/c1-17(2)12-21(31)27(38)33-23(13-18-8-4-3-5-9-18)28(39)34-24(29(40)35-25(30(41)42)15-26(36)37)14-19-16-32-22-11-7-6-10-20(19)22/h3-11,16-17,21,23-25,32H,12-15,31H2,1-2H3,(H,33,38)(H,34,39)(H,35,40)(H,36,37)(H,41,42).